The van der Waals surface area contributed by atoms with Crippen molar-refractivity contribution in [3.8, 4) is 0 Å². The van der Waals surface area contributed by atoms with Crippen LogP contribution in [0.2, 0.25) is 0 Å². The lowest BCUT2D eigenvalue weighted by molar-refractivity contribution is 0.332. The summed E-state index contributed by atoms with van der Waals surface area (Å²) in [7, 11) is 0. The summed E-state index contributed by atoms with van der Waals surface area (Å²) in [6.07, 6.45) is 6.30. The molecule has 3 heteroatoms. The van der Waals surface area contributed by atoms with E-state index in [1.165, 1.54) is 11.3 Å². The Morgan fingerprint density at radius 1 is 0.240 bits per heavy atom. The summed E-state index contributed by atoms with van der Waals surface area (Å²) in [6, 6.07) is 11.5. The van der Waals surface area contributed by atoms with Crippen LogP contribution in [-0.2, 0) is 10.8 Å². The van der Waals surface area contributed by atoms with Crippen molar-refractivity contribution in [1.29, 1.82) is 0 Å². The van der Waals surface area contributed by atoms with Crippen LogP contribution in [-0.4, -0.2) is 9.97 Å². The highest BCUT2D eigenvalue weighted by atomic mass is 15.1. The quantitative estimate of drug-likeness (QED) is 0.176. The van der Waals surface area contributed by atoms with Crippen LogP contribution in [0.4, 0.5) is 0 Å². The van der Waals surface area contributed by atoms with Crippen molar-refractivity contribution in [3.05, 3.63) is 82.4 Å². The van der Waals surface area contributed by atoms with Gasteiger partial charge < -0.3 is 0 Å². The maximum absolute atomic E-state index is 5.62. The topological polar surface area (TPSA) is 37.8 Å². The van der Waals surface area contributed by atoms with E-state index in [9.17, 15) is 0 Å². The summed E-state index contributed by atoms with van der Waals surface area (Å²) in [4.78, 5) is 10.4. The van der Waals surface area contributed by atoms with Crippen molar-refractivity contribution < 1.29 is 0 Å². The third-order valence-electron chi connectivity index (χ3n) is 26.7. The van der Waals surface area contributed by atoms with E-state index >= 15 is 0 Å². The fourth-order valence-corrected chi connectivity index (χ4v) is 26.6. The fraction of sp³-hybridized carbons (Fsp3) is 0.0556. The summed E-state index contributed by atoms with van der Waals surface area (Å²) in [5.74, 6) is 0. The number of rotatable bonds is 2. The monoisotopic (exact) mass is 917 g/mol. The normalized spacial score (nSPS) is 23.8. The van der Waals surface area contributed by atoms with Crippen molar-refractivity contribution in [3.63, 3.8) is 0 Å². The molecule has 0 amide bonds. The Labute approximate surface area is 409 Å². The molecule has 30 aromatic rings. The molecule has 2 spiro atoms. The molecular formula is C72H11N3. The SMILES string of the molecule is c1ccc([C@@H]2N[C@H](c3ccncc3)C34c5c6c7c8c9c%10c(c%11c%12c3c3c5c5c%13c6c6c7c7c9c9c%14c%10c%10c%11c%11c%12c%12c3c3c5c5c%13c%13c6c6c7c9c7c9c%14c%10c%10c%11c%11c%12c3c3c5c5c%13c6c7c6c9c%10c%11c3c56)C824)nc1. The van der Waals surface area contributed by atoms with Gasteiger partial charge in [-0.2, -0.15) is 0 Å². The molecule has 2 aromatic heterocycles. The second-order valence-electron chi connectivity index (χ2n) is 26.9. The molecule has 0 saturated carbocycles. The Kier molecular flexibility index (Phi) is 2.48. The molecule has 1 fully saturated rings. The first-order valence-electron chi connectivity index (χ1n) is 27.8. The Bertz CT molecular complexity index is 7110. The van der Waals surface area contributed by atoms with Crippen molar-refractivity contribution in [2.75, 3.05) is 0 Å². The van der Waals surface area contributed by atoms with Gasteiger partial charge in [0.1, 0.15) is 0 Å². The van der Waals surface area contributed by atoms with Gasteiger partial charge in [0.2, 0.25) is 0 Å². The van der Waals surface area contributed by atoms with E-state index in [1.807, 2.05) is 0 Å². The number of benzene rings is 18. The molecular weight excluding hydrogens is 907 g/mol. The fourth-order valence-electron chi connectivity index (χ4n) is 26.6. The van der Waals surface area contributed by atoms with Gasteiger partial charge in [-0.15, -0.1) is 0 Å². The number of hydrogen-bond acceptors (Lipinski definition) is 3. The minimum Gasteiger partial charge on any atom is -0.299 e. The third-order valence-corrected chi connectivity index (χ3v) is 26.7. The zero-order valence-electron chi connectivity index (χ0n) is 38.2. The number of nitrogens with zero attached hydrogens (tertiary/aromatic N) is 2. The predicted molar refractivity (Wildman–Crippen MR) is 311 cm³/mol. The highest BCUT2D eigenvalue weighted by molar-refractivity contribution is 6.82. The van der Waals surface area contributed by atoms with Gasteiger partial charge in [-0.25, -0.2) is 0 Å². The van der Waals surface area contributed by atoms with Gasteiger partial charge in [0.25, 0.3) is 0 Å². The summed E-state index contributed by atoms with van der Waals surface area (Å²) < 4.78 is 0. The highest BCUT2D eigenvalue weighted by Gasteiger charge is 2.78. The van der Waals surface area contributed by atoms with Crippen LogP contribution in [0.1, 0.15) is 45.6 Å². The van der Waals surface area contributed by atoms with Crippen molar-refractivity contribution in [1.82, 2.24) is 15.3 Å². The Morgan fingerprint density at radius 2 is 0.467 bits per heavy atom. The van der Waals surface area contributed by atoms with Crippen molar-refractivity contribution in [2.45, 2.75) is 22.9 Å². The first kappa shape index (κ1) is 28.2. The van der Waals surface area contributed by atoms with E-state index in [2.05, 4.69) is 48.9 Å². The largest absolute Gasteiger partial charge is 0.299 e. The summed E-state index contributed by atoms with van der Waals surface area (Å²) >= 11 is 0. The Balaban J connectivity index is 1.14. The lowest BCUT2D eigenvalue weighted by atomic mass is 9.45. The molecule has 3 heterocycles. The molecule has 2 atom stereocenters. The second kappa shape index (κ2) is 6.59. The first-order chi connectivity index (χ1) is 37.4. The maximum Gasteiger partial charge on any atom is 0.0653 e. The Morgan fingerprint density at radius 3 is 0.693 bits per heavy atom. The average Bonchev–Trinajstić information content (AvgIpc) is 3.40. The number of pyridine rings is 2. The van der Waals surface area contributed by atoms with E-state index in [0.717, 1.165) is 0 Å². The van der Waals surface area contributed by atoms with Crippen LogP contribution < -0.4 is 5.32 Å². The van der Waals surface area contributed by atoms with Crippen molar-refractivity contribution >= 4 is 291 Å². The molecule has 28 aromatic carbocycles. The smallest absolute Gasteiger partial charge is 0.0653 e. The van der Waals surface area contributed by atoms with Gasteiger partial charge in [-0.05, 0) is 343 Å². The second-order valence-corrected chi connectivity index (χ2v) is 26.9. The summed E-state index contributed by atoms with van der Waals surface area (Å²) in [5.41, 5.74) is 8.29. The third kappa shape index (κ3) is 1.56. The highest BCUT2D eigenvalue weighted by Crippen LogP contribution is 2.88. The minimum atomic E-state index is -0.499. The van der Waals surface area contributed by atoms with Crippen LogP contribution in [0, 0.1) is 0 Å². The average molecular weight is 918 g/mol. The molecule has 0 bridgehead atoms. The van der Waals surface area contributed by atoms with Crippen LogP contribution in [0.15, 0.2) is 48.9 Å². The maximum atomic E-state index is 5.62. The van der Waals surface area contributed by atoms with E-state index in [4.69, 9.17) is 15.3 Å². The van der Waals surface area contributed by atoms with Crippen LogP contribution in [0.3, 0.4) is 0 Å². The van der Waals surface area contributed by atoms with Crippen LogP contribution >= 0.6 is 0 Å². The molecule has 3 nitrogen and oxygen atoms in total. The Hall–Kier alpha value is -9.28. The number of nitrogens with one attached hydrogen (secondary N) is 1. The number of hydrogen-bond donors (Lipinski definition) is 1. The first-order valence-corrected chi connectivity index (χ1v) is 27.8. The molecule has 4 aliphatic carbocycles. The molecule has 1 aliphatic heterocycles. The molecule has 1 saturated heterocycles. The van der Waals surface area contributed by atoms with E-state index in [1.54, 1.807) is 313 Å². The standard InChI is InChI=1S/C72H11N3/c1-2-6-74-10(3-1)70-72-67-61-51-41-31-23-15-12-11-13-17-19(15)27-33-25(17)35-29-21(13)22-14(11)18-20-16(12)24(23)32-38-28(20)34-26(18)36-30(22)40-39(29)49-43(35)53-47(33)55(45(51)37(27)31)63(67)59(53)65-57(49)58-50(40)44(36)54-48(34)56-46(38)52(42(32)41)62(61)68(72)64(56)60(54)66(58)71(65,72)69(75-70)9-4-7-73-8-5-9/h1-8,69-70,75H/t69-,70+,71?,72?/m1/s1. The lowest BCUT2D eigenvalue weighted by Crippen LogP contribution is -2.52. The molecule has 35 rings (SSSR count). The zero-order valence-corrected chi connectivity index (χ0v) is 38.2. The van der Waals surface area contributed by atoms with Gasteiger partial charge in [0.15, 0.2) is 0 Å². The van der Waals surface area contributed by atoms with Gasteiger partial charge >= 0.3 is 0 Å². The summed E-state index contributed by atoms with van der Waals surface area (Å²) in [5, 5.41) is 93.1. The van der Waals surface area contributed by atoms with Gasteiger partial charge in [-0.3, -0.25) is 15.3 Å². The van der Waals surface area contributed by atoms with E-state index in [0.29, 0.717) is 0 Å². The molecule has 0 unspecified atom stereocenters. The molecule has 75 heavy (non-hydrogen) atoms. The van der Waals surface area contributed by atoms with E-state index in [-0.39, 0.29) is 12.1 Å². The van der Waals surface area contributed by atoms with Gasteiger partial charge in [0, 0.05) is 24.6 Å². The van der Waals surface area contributed by atoms with Gasteiger partial charge in [-0.1, -0.05) is 6.07 Å². The lowest BCUT2D eigenvalue weighted by Gasteiger charge is -2.53. The molecule has 0 radical (unpaired) electrons. The summed E-state index contributed by atoms with van der Waals surface area (Å²) in [6.45, 7) is 0. The van der Waals surface area contributed by atoms with Crippen LogP contribution in [0.25, 0.3) is 291 Å². The van der Waals surface area contributed by atoms with Crippen molar-refractivity contribution in [2.24, 2.45) is 0 Å². The zero-order chi connectivity index (χ0) is 44.6. The minimum absolute atomic E-state index is 0.0387. The molecule has 314 valence electrons. The molecule has 5 aliphatic rings. The predicted octanol–water partition coefficient (Wildman–Crippen LogP) is 18.2. The number of aromatic nitrogens is 2. The van der Waals surface area contributed by atoms with E-state index < -0.39 is 10.8 Å². The molecule has 1 N–H and O–H groups in total. The van der Waals surface area contributed by atoms with Crippen LogP contribution in [0.5, 0.6) is 0 Å². The van der Waals surface area contributed by atoms with Gasteiger partial charge in [0.05, 0.1) is 22.6 Å².